The van der Waals surface area contributed by atoms with Gasteiger partial charge in [-0.3, -0.25) is 9.59 Å². The second-order valence-corrected chi connectivity index (χ2v) is 10.9. The molecule has 5 N–H and O–H groups in total. The minimum absolute atomic E-state index is 0.00750. The van der Waals surface area contributed by atoms with Gasteiger partial charge in [0.25, 0.3) is 0 Å². The van der Waals surface area contributed by atoms with Crippen LogP contribution in [0, 0.1) is 0 Å². The van der Waals surface area contributed by atoms with Crippen LogP contribution in [0.4, 0.5) is 5.69 Å². The van der Waals surface area contributed by atoms with Crippen molar-refractivity contribution in [3.05, 3.63) is 29.8 Å². The zero-order valence-electron chi connectivity index (χ0n) is 20.0. The molecule has 2 heterocycles. The summed E-state index contributed by atoms with van der Waals surface area (Å²) in [6.07, 6.45) is 3.68. The van der Waals surface area contributed by atoms with E-state index in [1.54, 1.807) is 18.7 Å². The highest BCUT2D eigenvalue weighted by Crippen LogP contribution is 2.33. The SMILES string of the molecule is CCN1C(=O)[C@@H](CNc2ccc(CCN3CCCC3)cc2)SC1[C@H](N)C(=O)NC(C)(C)CO. The van der Waals surface area contributed by atoms with Gasteiger partial charge in [-0.05, 0) is 70.8 Å². The summed E-state index contributed by atoms with van der Waals surface area (Å²) in [7, 11) is 0. The number of hydrogen-bond acceptors (Lipinski definition) is 7. The van der Waals surface area contributed by atoms with Crippen molar-refractivity contribution in [1.29, 1.82) is 0 Å². The van der Waals surface area contributed by atoms with Crippen molar-refractivity contribution in [3.63, 3.8) is 0 Å². The van der Waals surface area contributed by atoms with E-state index in [9.17, 15) is 14.7 Å². The molecule has 0 aromatic heterocycles. The minimum atomic E-state index is -0.871. The van der Waals surface area contributed by atoms with Gasteiger partial charge in [-0.2, -0.15) is 0 Å². The van der Waals surface area contributed by atoms with Gasteiger partial charge >= 0.3 is 0 Å². The number of nitrogens with one attached hydrogen (secondary N) is 2. The highest BCUT2D eigenvalue weighted by atomic mass is 32.2. The first-order chi connectivity index (χ1) is 15.7. The monoisotopic (exact) mass is 477 g/mol. The first-order valence-electron chi connectivity index (χ1n) is 11.9. The molecule has 1 unspecified atom stereocenters. The number of nitrogens with zero attached hydrogens (tertiary/aromatic N) is 2. The molecule has 33 heavy (non-hydrogen) atoms. The van der Waals surface area contributed by atoms with E-state index in [1.807, 2.05) is 6.92 Å². The van der Waals surface area contributed by atoms with Gasteiger partial charge < -0.3 is 31.3 Å². The number of amides is 2. The second-order valence-electron chi connectivity index (χ2n) is 9.57. The van der Waals surface area contributed by atoms with E-state index < -0.39 is 17.0 Å². The standard InChI is InChI=1S/C24H39N5O3S/c1-4-29-22(32)19(33-23(29)20(25)21(31)27-24(2,3)16-30)15-26-18-9-7-17(8-10-18)11-14-28-12-5-6-13-28/h7-10,19-20,23,26,30H,4-6,11-16,25H2,1-3H3,(H,27,31)/t19-,20-,23?/m1/s1. The molecular weight excluding hydrogens is 438 g/mol. The van der Waals surface area contributed by atoms with E-state index in [2.05, 4.69) is 39.8 Å². The highest BCUT2D eigenvalue weighted by molar-refractivity contribution is 8.01. The number of hydrogen-bond donors (Lipinski definition) is 4. The number of benzene rings is 1. The lowest BCUT2D eigenvalue weighted by atomic mass is 10.1. The molecule has 2 aliphatic heterocycles. The van der Waals surface area contributed by atoms with Gasteiger partial charge in [0.2, 0.25) is 11.8 Å². The molecule has 0 saturated carbocycles. The van der Waals surface area contributed by atoms with Crippen molar-refractivity contribution in [1.82, 2.24) is 15.1 Å². The summed E-state index contributed by atoms with van der Waals surface area (Å²) >= 11 is 1.43. The molecule has 2 amide bonds. The van der Waals surface area contributed by atoms with Gasteiger partial charge in [0.05, 0.1) is 12.1 Å². The van der Waals surface area contributed by atoms with E-state index in [-0.39, 0.29) is 23.7 Å². The van der Waals surface area contributed by atoms with E-state index in [0.717, 1.165) is 18.7 Å². The molecule has 1 aromatic rings. The molecule has 184 valence electrons. The summed E-state index contributed by atoms with van der Waals surface area (Å²) in [4.78, 5) is 29.7. The van der Waals surface area contributed by atoms with Crippen molar-refractivity contribution >= 4 is 29.3 Å². The van der Waals surface area contributed by atoms with E-state index in [4.69, 9.17) is 5.73 Å². The predicted octanol–water partition coefficient (Wildman–Crippen LogP) is 1.24. The molecule has 2 fully saturated rings. The number of likely N-dealkylation sites (N-methyl/N-ethyl adjacent to an activating group) is 1. The second kappa shape index (κ2) is 11.6. The highest BCUT2D eigenvalue weighted by Gasteiger charge is 2.44. The molecule has 0 aliphatic carbocycles. The number of carbonyl (C=O) groups excluding carboxylic acids is 2. The van der Waals surface area contributed by atoms with Gasteiger partial charge in [0.1, 0.15) is 16.7 Å². The topological polar surface area (TPSA) is 111 Å². The Bertz CT molecular complexity index is 798. The van der Waals surface area contributed by atoms with Crippen LogP contribution in [-0.2, 0) is 16.0 Å². The molecule has 1 aromatic carbocycles. The molecule has 2 saturated heterocycles. The Morgan fingerprint density at radius 2 is 1.94 bits per heavy atom. The maximum Gasteiger partial charge on any atom is 0.240 e. The number of likely N-dealkylation sites (tertiary alicyclic amines) is 1. The fourth-order valence-electron chi connectivity index (χ4n) is 4.24. The number of aliphatic hydroxyl groups is 1. The number of thioether (sulfide) groups is 1. The van der Waals surface area contributed by atoms with Crippen molar-refractivity contribution in [3.8, 4) is 0 Å². The van der Waals surface area contributed by atoms with Crippen molar-refractivity contribution < 1.29 is 14.7 Å². The third-order valence-electron chi connectivity index (χ3n) is 6.34. The van der Waals surface area contributed by atoms with E-state index in [0.29, 0.717) is 13.1 Å². The maximum absolute atomic E-state index is 12.9. The summed E-state index contributed by atoms with van der Waals surface area (Å²) in [5.41, 5.74) is 7.77. The zero-order valence-corrected chi connectivity index (χ0v) is 20.9. The van der Waals surface area contributed by atoms with E-state index >= 15 is 0 Å². The molecule has 2 aliphatic rings. The normalized spacial score (nSPS) is 22.6. The first kappa shape index (κ1) is 25.8. The molecule has 0 radical (unpaired) electrons. The third-order valence-corrected chi connectivity index (χ3v) is 7.86. The molecule has 3 rings (SSSR count). The van der Waals surface area contributed by atoms with Crippen LogP contribution in [0.3, 0.4) is 0 Å². The fraction of sp³-hybridized carbons (Fsp3) is 0.667. The van der Waals surface area contributed by atoms with Gasteiger partial charge in [-0.1, -0.05) is 12.1 Å². The Kier molecular flexibility index (Phi) is 9.03. The fourth-order valence-corrected chi connectivity index (χ4v) is 5.70. The lowest BCUT2D eigenvalue weighted by Gasteiger charge is -2.30. The molecular formula is C24H39N5O3S. The van der Waals surface area contributed by atoms with Crippen LogP contribution in [0.1, 0.15) is 39.2 Å². The van der Waals surface area contributed by atoms with Gasteiger partial charge in [0.15, 0.2) is 0 Å². The van der Waals surface area contributed by atoms with Gasteiger partial charge in [-0.25, -0.2) is 0 Å². The lowest BCUT2D eigenvalue weighted by molar-refractivity contribution is -0.131. The largest absolute Gasteiger partial charge is 0.394 e. The Morgan fingerprint density at radius 3 is 2.55 bits per heavy atom. The molecule has 0 bridgehead atoms. The Morgan fingerprint density at radius 1 is 1.27 bits per heavy atom. The number of aliphatic hydroxyl groups excluding tert-OH is 1. The van der Waals surface area contributed by atoms with Gasteiger partial charge in [-0.15, -0.1) is 11.8 Å². The lowest BCUT2D eigenvalue weighted by Crippen LogP contribution is -2.57. The minimum Gasteiger partial charge on any atom is -0.394 e. The van der Waals surface area contributed by atoms with Crippen LogP contribution in [0.5, 0.6) is 0 Å². The van der Waals surface area contributed by atoms with Crippen LogP contribution in [0.25, 0.3) is 0 Å². The maximum atomic E-state index is 12.9. The van der Waals surface area contributed by atoms with Crippen LogP contribution in [0.15, 0.2) is 24.3 Å². The first-order valence-corrected chi connectivity index (χ1v) is 12.9. The number of nitrogens with two attached hydrogens (primary N) is 1. The van der Waals surface area contributed by atoms with Crippen LogP contribution < -0.4 is 16.4 Å². The zero-order chi connectivity index (χ0) is 24.0. The average Bonchev–Trinajstić information content (AvgIpc) is 3.43. The van der Waals surface area contributed by atoms with Crippen molar-refractivity contribution in [2.75, 3.05) is 44.6 Å². The van der Waals surface area contributed by atoms with Crippen molar-refractivity contribution in [2.45, 2.75) is 62.2 Å². The Hall–Kier alpha value is -1.81. The molecule has 3 atom stereocenters. The Labute approximate surface area is 201 Å². The van der Waals surface area contributed by atoms with Crippen LogP contribution >= 0.6 is 11.8 Å². The summed E-state index contributed by atoms with van der Waals surface area (Å²) in [6, 6.07) is 7.55. The number of rotatable bonds is 11. The predicted molar refractivity (Wildman–Crippen MR) is 134 cm³/mol. The third kappa shape index (κ3) is 6.85. The smallest absolute Gasteiger partial charge is 0.240 e. The average molecular weight is 478 g/mol. The molecule has 9 heteroatoms. The summed E-state index contributed by atoms with van der Waals surface area (Å²) in [6.45, 7) is 9.66. The number of anilines is 1. The number of carbonyl (C=O) groups is 2. The van der Waals surface area contributed by atoms with Crippen molar-refractivity contribution in [2.24, 2.45) is 5.73 Å². The summed E-state index contributed by atoms with van der Waals surface area (Å²) < 4.78 is 0. The summed E-state index contributed by atoms with van der Waals surface area (Å²) in [5, 5.41) is 14.8. The molecule has 8 nitrogen and oxygen atoms in total. The van der Waals surface area contributed by atoms with Crippen LogP contribution in [0.2, 0.25) is 0 Å². The van der Waals surface area contributed by atoms with E-state index in [1.165, 1.54) is 43.3 Å². The van der Waals surface area contributed by atoms with Gasteiger partial charge in [0, 0.05) is 25.3 Å². The summed E-state index contributed by atoms with van der Waals surface area (Å²) in [5.74, 6) is -0.372. The Balaban J connectivity index is 1.52. The quantitative estimate of drug-likeness (QED) is 0.379. The van der Waals surface area contributed by atoms with Crippen LogP contribution in [-0.4, -0.2) is 88.3 Å². The molecule has 0 spiro atoms.